The highest BCUT2D eigenvalue weighted by atomic mass is 35.5. The van der Waals surface area contributed by atoms with Crippen LogP contribution in [-0.2, 0) is 6.42 Å². The molecule has 0 fully saturated rings. The highest BCUT2D eigenvalue weighted by Crippen LogP contribution is 2.30. The van der Waals surface area contributed by atoms with E-state index in [4.69, 9.17) is 16.3 Å². The molecule has 2 nitrogen and oxygen atoms in total. The van der Waals surface area contributed by atoms with Crippen LogP contribution in [0.25, 0.3) is 0 Å². The van der Waals surface area contributed by atoms with Crippen molar-refractivity contribution < 1.29 is 9.84 Å². The summed E-state index contributed by atoms with van der Waals surface area (Å²) in [4.78, 5) is 0. The molecule has 1 unspecified atom stereocenters. The summed E-state index contributed by atoms with van der Waals surface area (Å²) in [5.41, 5.74) is 5.40. The number of hydrogen-bond acceptors (Lipinski definition) is 2. The number of hydrogen-bond donors (Lipinski definition) is 1. The van der Waals surface area contributed by atoms with Crippen molar-refractivity contribution in [3.8, 4) is 5.75 Å². The molecule has 0 aromatic heterocycles. The minimum absolute atomic E-state index is 0.479. The van der Waals surface area contributed by atoms with Crippen LogP contribution in [0.15, 0.2) is 30.3 Å². The van der Waals surface area contributed by atoms with Gasteiger partial charge >= 0.3 is 0 Å². The monoisotopic (exact) mass is 304 g/mol. The predicted octanol–water partition coefficient (Wildman–Crippen LogP) is 4.55. The van der Waals surface area contributed by atoms with Crippen LogP contribution in [0.2, 0.25) is 5.02 Å². The van der Waals surface area contributed by atoms with Gasteiger partial charge in [-0.1, -0.05) is 23.7 Å². The van der Waals surface area contributed by atoms with Gasteiger partial charge in [0.1, 0.15) is 5.75 Å². The predicted molar refractivity (Wildman–Crippen MR) is 87.3 cm³/mol. The highest BCUT2D eigenvalue weighted by molar-refractivity contribution is 6.30. The third kappa shape index (κ3) is 3.58. The second kappa shape index (κ2) is 6.50. The van der Waals surface area contributed by atoms with Crippen molar-refractivity contribution >= 4 is 11.6 Å². The van der Waals surface area contributed by atoms with Crippen LogP contribution in [0, 0.1) is 20.8 Å². The quantitative estimate of drug-likeness (QED) is 0.898. The molecule has 0 aliphatic heterocycles. The fourth-order valence-corrected chi connectivity index (χ4v) is 2.76. The lowest BCUT2D eigenvalue weighted by molar-refractivity contribution is 0.176. The lowest BCUT2D eigenvalue weighted by Gasteiger charge is -2.17. The zero-order chi connectivity index (χ0) is 15.6. The van der Waals surface area contributed by atoms with Crippen molar-refractivity contribution in [2.45, 2.75) is 33.3 Å². The summed E-state index contributed by atoms with van der Waals surface area (Å²) in [5.74, 6) is 0.750. The third-order valence-electron chi connectivity index (χ3n) is 3.90. The van der Waals surface area contributed by atoms with Gasteiger partial charge in [0.2, 0.25) is 0 Å². The van der Waals surface area contributed by atoms with Crippen LogP contribution in [0.4, 0.5) is 0 Å². The topological polar surface area (TPSA) is 29.5 Å². The maximum atomic E-state index is 10.6. The van der Waals surface area contributed by atoms with Crippen LogP contribution in [-0.4, -0.2) is 12.2 Å². The Hall–Kier alpha value is -1.51. The van der Waals surface area contributed by atoms with Crippen LogP contribution in [0.5, 0.6) is 5.75 Å². The van der Waals surface area contributed by atoms with Crippen molar-refractivity contribution in [1.82, 2.24) is 0 Å². The SMILES string of the molecule is COc1ccc(Cl)cc1CC(O)c1cc(C)c(C)cc1C. The van der Waals surface area contributed by atoms with Crippen LogP contribution >= 0.6 is 11.6 Å². The molecule has 0 saturated carbocycles. The molecule has 2 aromatic rings. The van der Waals surface area contributed by atoms with Gasteiger partial charge in [0.15, 0.2) is 0 Å². The fraction of sp³-hybridized carbons (Fsp3) is 0.333. The van der Waals surface area contributed by atoms with Gasteiger partial charge < -0.3 is 9.84 Å². The van der Waals surface area contributed by atoms with E-state index >= 15 is 0 Å². The first kappa shape index (κ1) is 15.9. The summed E-state index contributed by atoms with van der Waals surface area (Å²) in [6, 6.07) is 9.64. The minimum atomic E-state index is -0.573. The van der Waals surface area contributed by atoms with E-state index in [-0.39, 0.29) is 0 Å². The van der Waals surface area contributed by atoms with Crippen molar-refractivity contribution in [2.24, 2.45) is 0 Å². The lowest BCUT2D eigenvalue weighted by atomic mass is 9.93. The largest absolute Gasteiger partial charge is 0.496 e. The number of aliphatic hydroxyl groups is 1. The number of aryl methyl sites for hydroxylation is 3. The number of rotatable bonds is 4. The van der Waals surface area contributed by atoms with Crippen molar-refractivity contribution in [1.29, 1.82) is 0 Å². The van der Waals surface area contributed by atoms with Crippen LogP contribution in [0.3, 0.4) is 0 Å². The van der Waals surface area contributed by atoms with E-state index < -0.39 is 6.10 Å². The number of ether oxygens (including phenoxy) is 1. The normalized spacial score (nSPS) is 12.3. The average molecular weight is 305 g/mol. The molecule has 2 aromatic carbocycles. The number of aliphatic hydroxyl groups excluding tert-OH is 1. The smallest absolute Gasteiger partial charge is 0.122 e. The molecule has 1 atom stereocenters. The molecule has 0 aliphatic rings. The van der Waals surface area contributed by atoms with Gasteiger partial charge in [-0.15, -0.1) is 0 Å². The molecule has 112 valence electrons. The first-order chi connectivity index (χ1) is 9.92. The van der Waals surface area contributed by atoms with E-state index in [0.717, 1.165) is 22.4 Å². The first-order valence-corrected chi connectivity index (χ1v) is 7.38. The molecule has 0 heterocycles. The van der Waals surface area contributed by atoms with E-state index in [9.17, 15) is 5.11 Å². The van der Waals surface area contributed by atoms with Gasteiger partial charge in [0.25, 0.3) is 0 Å². The second-order valence-electron chi connectivity index (χ2n) is 5.47. The summed E-state index contributed by atoms with van der Waals surface area (Å²) in [6.07, 6.45) is -0.0933. The van der Waals surface area contributed by atoms with Crippen LogP contribution in [0.1, 0.15) is 33.9 Å². The zero-order valence-corrected chi connectivity index (χ0v) is 13.7. The minimum Gasteiger partial charge on any atom is -0.496 e. The highest BCUT2D eigenvalue weighted by Gasteiger charge is 2.15. The third-order valence-corrected chi connectivity index (χ3v) is 4.13. The molecule has 0 radical (unpaired) electrons. The van der Waals surface area contributed by atoms with Gasteiger partial charge in [-0.25, -0.2) is 0 Å². The average Bonchev–Trinajstić information content (AvgIpc) is 2.43. The molecular weight excluding hydrogens is 284 g/mol. The van der Waals surface area contributed by atoms with Gasteiger partial charge in [-0.05, 0) is 66.8 Å². The van der Waals surface area contributed by atoms with E-state index in [1.165, 1.54) is 11.1 Å². The van der Waals surface area contributed by atoms with Gasteiger partial charge in [0, 0.05) is 11.4 Å². The standard InChI is InChI=1S/C18H21ClO2/c1-11-7-13(3)16(8-12(11)2)17(20)10-14-9-15(19)5-6-18(14)21-4/h5-9,17,20H,10H2,1-4H3. The second-order valence-corrected chi connectivity index (χ2v) is 5.91. The summed E-state index contributed by atoms with van der Waals surface area (Å²) in [5, 5.41) is 11.2. The van der Waals surface area contributed by atoms with E-state index in [2.05, 4.69) is 26.0 Å². The fourth-order valence-electron chi connectivity index (χ4n) is 2.57. The maximum Gasteiger partial charge on any atom is 0.122 e. The molecule has 0 saturated heterocycles. The van der Waals surface area contributed by atoms with Crippen molar-refractivity contribution in [3.63, 3.8) is 0 Å². The molecule has 0 spiro atoms. The Morgan fingerprint density at radius 2 is 1.71 bits per heavy atom. The van der Waals surface area contributed by atoms with E-state index in [1.807, 2.05) is 19.1 Å². The summed E-state index contributed by atoms with van der Waals surface area (Å²) in [6.45, 7) is 6.17. The number of benzene rings is 2. The van der Waals surface area contributed by atoms with E-state index in [1.54, 1.807) is 13.2 Å². The Balaban J connectivity index is 2.32. The van der Waals surface area contributed by atoms with Crippen LogP contribution < -0.4 is 4.74 Å². The van der Waals surface area contributed by atoms with Crippen molar-refractivity contribution in [3.05, 3.63) is 63.2 Å². The molecule has 2 rings (SSSR count). The van der Waals surface area contributed by atoms with Gasteiger partial charge in [-0.2, -0.15) is 0 Å². The number of halogens is 1. The van der Waals surface area contributed by atoms with E-state index in [0.29, 0.717) is 11.4 Å². The molecular formula is C18H21ClO2. The molecule has 3 heteroatoms. The molecule has 0 bridgehead atoms. The number of methoxy groups -OCH3 is 1. The van der Waals surface area contributed by atoms with Gasteiger partial charge in [-0.3, -0.25) is 0 Å². The zero-order valence-electron chi connectivity index (χ0n) is 12.9. The first-order valence-electron chi connectivity index (χ1n) is 7.00. The van der Waals surface area contributed by atoms with Gasteiger partial charge in [0.05, 0.1) is 13.2 Å². The Morgan fingerprint density at radius 3 is 2.38 bits per heavy atom. The summed E-state index contributed by atoms with van der Waals surface area (Å²) < 4.78 is 5.34. The molecule has 0 aliphatic carbocycles. The molecule has 0 amide bonds. The Labute approximate surface area is 131 Å². The molecule has 21 heavy (non-hydrogen) atoms. The Bertz CT molecular complexity index is 650. The maximum absolute atomic E-state index is 10.6. The lowest BCUT2D eigenvalue weighted by Crippen LogP contribution is -2.06. The van der Waals surface area contributed by atoms with Crippen molar-refractivity contribution in [2.75, 3.05) is 7.11 Å². The summed E-state index contributed by atoms with van der Waals surface area (Å²) in [7, 11) is 1.63. The Morgan fingerprint density at radius 1 is 1.05 bits per heavy atom. The summed E-state index contributed by atoms with van der Waals surface area (Å²) >= 11 is 6.04. The molecule has 1 N–H and O–H groups in total. The Kier molecular flexibility index (Phi) is 4.92.